The lowest BCUT2D eigenvalue weighted by molar-refractivity contribution is 0.511. The lowest BCUT2D eigenvalue weighted by atomic mass is 10.2. The number of hydrogen-bond donors (Lipinski definition) is 0. The van der Waals surface area contributed by atoms with Crippen LogP contribution in [0, 0.1) is 0 Å². The second-order valence-corrected chi connectivity index (χ2v) is 3.58. The van der Waals surface area contributed by atoms with Crippen LogP contribution >= 0.6 is 0 Å². The first-order valence-electron chi connectivity index (χ1n) is 4.67. The van der Waals surface area contributed by atoms with Gasteiger partial charge in [0.25, 0.3) is 5.56 Å². The van der Waals surface area contributed by atoms with E-state index in [0.29, 0.717) is 0 Å². The molecular formula is C11H12N2O. The molecule has 1 aromatic carbocycles. The van der Waals surface area contributed by atoms with Crippen molar-refractivity contribution >= 4 is 10.9 Å². The van der Waals surface area contributed by atoms with Gasteiger partial charge >= 0.3 is 0 Å². The summed E-state index contributed by atoms with van der Waals surface area (Å²) in [5.74, 6) is 0. The number of rotatable bonds is 1. The highest BCUT2D eigenvalue weighted by Gasteiger charge is 2.03. The summed E-state index contributed by atoms with van der Waals surface area (Å²) in [5.41, 5.74) is 0.819. The summed E-state index contributed by atoms with van der Waals surface area (Å²) in [7, 11) is 0. The number of benzene rings is 1. The standard InChI is InChI=1S/C11H12N2O/c1-8(2)13-11(14)7-9-5-3-4-6-10(9)12-13/h3-8H,1-2H3. The third kappa shape index (κ3) is 1.41. The van der Waals surface area contributed by atoms with E-state index in [-0.39, 0.29) is 11.6 Å². The molecule has 3 nitrogen and oxygen atoms in total. The van der Waals surface area contributed by atoms with Crippen LogP contribution in [0.5, 0.6) is 0 Å². The van der Waals surface area contributed by atoms with Crippen molar-refractivity contribution < 1.29 is 0 Å². The number of aromatic nitrogens is 2. The molecule has 2 rings (SSSR count). The minimum atomic E-state index is -0.0429. The van der Waals surface area contributed by atoms with Crippen LogP contribution in [0.2, 0.25) is 0 Å². The van der Waals surface area contributed by atoms with Crippen molar-refractivity contribution in [3.8, 4) is 0 Å². The minimum Gasteiger partial charge on any atom is -0.268 e. The summed E-state index contributed by atoms with van der Waals surface area (Å²) in [6, 6.07) is 9.37. The van der Waals surface area contributed by atoms with E-state index in [2.05, 4.69) is 5.10 Å². The van der Waals surface area contributed by atoms with Crippen LogP contribution < -0.4 is 5.56 Å². The Morgan fingerprint density at radius 3 is 2.71 bits per heavy atom. The van der Waals surface area contributed by atoms with Crippen LogP contribution in [0.25, 0.3) is 10.9 Å². The van der Waals surface area contributed by atoms with Gasteiger partial charge in [0.1, 0.15) is 0 Å². The zero-order chi connectivity index (χ0) is 10.1. The topological polar surface area (TPSA) is 34.9 Å². The average Bonchev–Trinajstić information content (AvgIpc) is 2.16. The van der Waals surface area contributed by atoms with Crippen molar-refractivity contribution in [2.45, 2.75) is 19.9 Å². The largest absolute Gasteiger partial charge is 0.268 e. The predicted molar refractivity (Wildman–Crippen MR) is 56.4 cm³/mol. The highest BCUT2D eigenvalue weighted by Crippen LogP contribution is 2.08. The van der Waals surface area contributed by atoms with Crippen LogP contribution in [0.15, 0.2) is 35.1 Å². The molecule has 0 spiro atoms. The first-order chi connectivity index (χ1) is 6.68. The second-order valence-electron chi connectivity index (χ2n) is 3.58. The molecular weight excluding hydrogens is 176 g/mol. The smallest absolute Gasteiger partial charge is 0.267 e. The molecule has 0 saturated carbocycles. The van der Waals surface area contributed by atoms with Crippen molar-refractivity contribution in [3.05, 3.63) is 40.7 Å². The zero-order valence-electron chi connectivity index (χ0n) is 8.27. The minimum absolute atomic E-state index is 0.0429. The molecule has 0 N–H and O–H groups in total. The van der Waals surface area contributed by atoms with E-state index in [0.717, 1.165) is 10.9 Å². The molecule has 1 heterocycles. The second kappa shape index (κ2) is 3.25. The van der Waals surface area contributed by atoms with E-state index in [1.165, 1.54) is 4.68 Å². The van der Waals surface area contributed by atoms with E-state index in [1.54, 1.807) is 6.07 Å². The van der Waals surface area contributed by atoms with Gasteiger partial charge in [-0.15, -0.1) is 0 Å². The molecule has 0 aliphatic rings. The van der Waals surface area contributed by atoms with Crippen LogP contribution in [0.4, 0.5) is 0 Å². The van der Waals surface area contributed by atoms with Crippen LogP contribution in [-0.4, -0.2) is 9.78 Å². The van der Waals surface area contributed by atoms with Crippen molar-refractivity contribution in [1.29, 1.82) is 0 Å². The monoisotopic (exact) mass is 188 g/mol. The van der Waals surface area contributed by atoms with Crippen molar-refractivity contribution in [1.82, 2.24) is 9.78 Å². The first kappa shape index (κ1) is 8.94. The molecule has 0 aliphatic carbocycles. The van der Waals surface area contributed by atoms with Gasteiger partial charge in [0.15, 0.2) is 0 Å². The van der Waals surface area contributed by atoms with Gasteiger partial charge in [-0.2, -0.15) is 5.10 Å². The van der Waals surface area contributed by atoms with Gasteiger partial charge in [0.2, 0.25) is 0 Å². The van der Waals surface area contributed by atoms with Gasteiger partial charge in [-0.1, -0.05) is 18.2 Å². The number of nitrogens with zero attached hydrogens (tertiary/aromatic N) is 2. The molecule has 0 radical (unpaired) electrons. The fraction of sp³-hybridized carbons (Fsp3) is 0.273. The third-order valence-electron chi connectivity index (χ3n) is 2.15. The molecule has 0 saturated heterocycles. The maximum Gasteiger partial charge on any atom is 0.267 e. The Morgan fingerprint density at radius 1 is 1.29 bits per heavy atom. The Bertz CT molecular complexity index is 514. The van der Waals surface area contributed by atoms with E-state index in [1.807, 2.05) is 38.1 Å². The lowest BCUT2D eigenvalue weighted by Crippen LogP contribution is -2.23. The Labute approximate surface area is 82.0 Å². The zero-order valence-corrected chi connectivity index (χ0v) is 8.27. The van der Waals surface area contributed by atoms with Gasteiger partial charge in [-0.3, -0.25) is 4.79 Å². The van der Waals surface area contributed by atoms with Gasteiger partial charge in [0, 0.05) is 11.5 Å². The fourth-order valence-electron chi connectivity index (χ4n) is 1.44. The Morgan fingerprint density at radius 2 is 2.00 bits per heavy atom. The molecule has 0 amide bonds. The molecule has 0 fully saturated rings. The van der Waals surface area contributed by atoms with Crippen molar-refractivity contribution in [2.75, 3.05) is 0 Å². The van der Waals surface area contributed by atoms with Crippen molar-refractivity contribution in [3.63, 3.8) is 0 Å². The predicted octanol–water partition coefficient (Wildman–Crippen LogP) is 1.98. The van der Waals surface area contributed by atoms with Crippen LogP contribution in [0.1, 0.15) is 19.9 Å². The van der Waals surface area contributed by atoms with E-state index < -0.39 is 0 Å². The van der Waals surface area contributed by atoms with Crippen LogP contribution in [0.3, 0.4) is 0 Å². The molecule has 72 valence electrons. The molecule has 0 unspecified atom stereocenters. The Balaban J connectivity index is 2.78. The summed E-state index contributed by atoms with van der Waals surface area (Å²) in [6.45, 7) is 3.90. The summed E-state index contributed by atoms with van der Waals surface area (Å²) >= 11 is 0. The summed E-state index contributed by atoms with van der Waals surface area (Å²) < 4.78 is 1.50. The van der Waals surface area contributed by atoms with Crippen molar-refractivity contribution in [2.24, 2.45) is 0 Å². The van der Waals surface area contributed by atoms with Gasteiger partial charge in [-0.05, 0) is 19.9 Å². The van der Waals surface area contributed by atoms with E-state index in [9.17, 15) is 4.79 Å². The molecule has 14 heavy (non-hydrogen) atoms. The number of hydrogen-bond acceptors (Lipinski definition) is 2. The quantitative estimate of drug-likeness (QED) is 0.685. The lowest BCUT2D eigenvalue weighted by Gasteiger charge is -2.08. The fourth-order valence-corrected chi connectivity index (χ4v) is 1.44. The highest BCUT2D eigenvalue weighted by molar-refractivity contribution is 5.77. The SMILES string of the molecule is CC(C)n1nc2ccccc2cc1=O. The summed E-state index contributed by atoms with van der Waals surface area (Å²) in [6.07, 6.45) is 0. The molecule has 2 aromatic rings. The van der Waals surface area contributed by atoms with Gasteiger partial charge in [0.05, 0.1) is 11.6 Å². The summed E-state index contributed by atoms with van der Waals surface area (Å²) in [5, 5.41) is 5.18. The molecule has 0 atom stereocenters. The normalized spacial score (nSPS) is 11.1. The highest BCUT2D eigenvalue weighted by atomic mass is 16.1. The third-order valence-corrected chi connectivity index (χ3v) is 2.15. The van der Waals surface area contributed by atoms with E-state index in [4.69, 9.17) is 0 Å². The summed E-state index contributed by atoms with van der Waals surface area (Å²) in [4.78, 5) is 11.6. The maximum atomic E-state index is 11.6. The van der Waals surface area contributed by atoms with E-state index >= 15 is 0 Å². The van der Waals surface area contributed by atoms with Gasteiger partial charge < -0.3 is 0 Å². The first-order valence-corrected chi connectivity index (χ1v) is 4.67. The Hall–Kier alpha value is -1.64. The Kier molecular flexibility index (Phi) is 2.08. The number of fused-ring (bicyclic) bond motifs is 1. The van der Waals surface area contributed by atoms with Crippen LogP contribution in [-0.2, 0) is 0 Å². The molecule has 0 aliphatic heterocycles. The molecule has 1 aromatic heterocycles. The van der Waals surface area contributed by atoms with Gasteiger partial charge in [-0.25, -0.2) is 4.68 Å². The molecule has 0 bridgehead atoms. The average molecular weight is 188 g/mol. The molecule has 3 heteroatoms. The maximum absolute atomic E-state index is 11.6.